The summed E-state index contributed by atoms with van der Waals surface area (Å²) in [6, 6.07) is 7.10. The zero-order valence-corrected chi connectivity index (χ0v) is 12.6. The van der Waals surface area contributed by atoms with Crippen molar-refractivity contribution < 1.29 is 13.6 Å². The predicted molar refractivity (Wildman–Crippen MR) is 81.2 cm³/mol. The zero-order valence-electron chi connectivity index (χ0n) is 11.8. The highest BCUT2D eigenvalue weighted by Crippen LogP contribution is 2.15. The fourth-order valence-electron chi connectivity index (χ4n) is 1.78. The van der Waals surface area contributed by atoms with Crippen molar-refractivity contribution in [1.29, 1.82) is 0 Å². The average Bonchev–Trinajstić information content (AvgIpc) is 2.44. The lowest BCUT2D eigenvalue weighted by Crippen LogP contribution is -2.26. The van der Waals surface area contributed by atoms with E-state index in [1.165, 1.54) is 0 Å². The van der Waals surface area contributed by atoms with E-state index in [2.05, 4.69) is 5.16 Å². The second-order valence-electron chi connectivity index (χ2n) is 4.61. The van der Waals surface area contributed by atoms with E-state index < -0.39 is 9.84 Å². The third-order valence-electron chi connectivity index (χ3n) is 2.94. The first-order valence-electron chi connectivity index (χ1n) is 6.39. The molecule has 3 N–H and O–H groups in total. The molecule has 0 aliphatic carbocycles. The molecule has 0 unspecified atom stereocenters. The van der Waals surface area contributed by atoms with E-state index in [-0.39, 0.29) is 17.3 Å². The van der Waals surface area contributed by atoms with Crippen molar-refractivity contribution in [3.05, 3.63) is 29.8 Å². The van der Waals surface area contributed by atoms with Gasteiger partial charge in [-0.3, -0.25) is 0 Å². The highest BCUT2D eigenvalue weighted by Gasteiger charge is 2.11. The van der Waals surface area contributed by atoms with Crippen molar-refractivity contribution in [2.24, 2.45) is 10.9 Å². The van der Waals surface area contributed by atoms with Gasteiger partial charge in [-0.05, 0) is 18.6 Å². The summed E-state index contributed by atoms with van der Waals surface area (Å²) >= 11 is 0. The van der Waals surface area contributed by atoms with Gasteiger partial charge >= 0.3 is 0 Å². The number of hydrogen-bond acceptors (Lipinski definition) is 5. The number of anilines is 1. The highest BCUT2D eigenvalue weighted by atomic mass is 32.2. The first kappa shape index (κ1) is 16.3. The Hall–Kier alpha value is -1.76. The Morgan fingerprint density at radius 2 is 2.10 bits per heavy atom. The quantitative estimate of drug-likeness (QED) is 0.339. The number of benzene rings is 1. The van der Waals surface area contributed by atoms with Crippen LogP contribution in [0.3, 0.4) is 0 Å². The normalized spacial score (nSPS) is 12.4. The smallest absolute Gasteiger partial charge is 0.170 e. The molecule has 20 heavy (non-hydrogen) atoms. The number of oxime groups is 1. The maximum atomic E-state index is 11.7. The van der Waals surface area contributed by atoms with Crippen LogP contribution in [0.4, 0.5) is 5.69 Å². The number of sulfone groups is 1. The zero-order chi connectivity index (χ0) is 15.2. The van der Waals surface area contributed by atoms with Crippen LogP contribution in [0, 0.1) is 0 Å². The van der Waals surface area contributed by atoms with Gasteiger partial charge < -0.3 is 15.8 Å². The predicted octanol–water partition coefficient (Wildman–Crippen LogP) is 1.04. The molecule has 0 saturated heterocycles. The molecule has 0 aliphatic rings. The topological polar surface area (TPSA) is 96.0 Å². The van der Waals surface area contributed by atoms with Crippen molar-refractivity contribution in [1.82, 2.24) is 0 Å². The van der Waals surface area contributed by atoms with Gasteiger partial charge in [0.1, 0.15) is 0 Å². The standard InChI is InChI=1S/C13H21N3O3S/c1-3-8-20(18,19)9-7-16(2)12-6-4-5-11(10-12)13(14)15-17/h4-6,10,17H,3,7-9H2,1-2H3,(H2,14,15). The molecular formula is C13H21N3O3S. The van der Waals surface area contributed by atoms with Gasteiger partial charge in [0.25, 0.3) is 0 Å². The van der Waals surface area contributed by atoms with Gasteiger partial charge in [-0.25, -0.2) is 8.42 Å². The van der Waals surface area contributed by atoms with Gasteiger partial charge in [-0.1, -0.05) is 24.2 Å². The van der Waals surface area contributed by atoms with E-state index in [9.17, 15) is 8.42 Å². The molecule has 0 spiro atoms. The number of hydrogen-bond donors (Lipinski definition) is 2. The van der Waals surface area contributed by atoms with Crippen LogP contribution in [-0.2, 0) is 9.84 Å². The van der Waals surface area contributed by atoms with Crippen LogP contribution in [0.25, 0.3) is 0 Å². The summed E-state index contributed by atoms with van der Waals surface area (Å²) in [5.74, 6) is 0.356. The summed E-state index contributed by atoms with van der Waals surface area (Å²) in [5.41, 5.74) is 6.94. The largest absolute Gasteiger partial charge is 0.409 e. The van der Waals surface area contributed by atoms with E-state index in [0.29, 0.717) is 18.5 Å². The van der Waals surface area contributed by atoms with E-state index in [4.69, 9.17) is 10.9 Å². The second-order valence-corrected chi connectivity index (χ2v) is 6.91. The van der Waals surface area contributed by atoms with Crippen LogP contribution in [0.1, 0.15) is 18.9 Å². The molecule has 0 heterocycles. The lowest BCUT2D eigenvalue weighted by molar-refractivity contribution is 0.318. The van der Waals surface area contributed by atoms with Crippen LogP contribution in [0.5, 0.6) is 0 Å². The van der Waals surface area contributed by atoms with Crippen molar-refractivity contribution in [2.75, 3.05) is 30.0 Å². The van der Waals surface area contributed by atoms with E-state index >= 15 is 0 Å². The van der Waals surface area contributed by atoms with Crippen LogP contribution < -0.4 is 10.6 Å². The minimum atomic E-state index is -3.00. The van der Waals surface area contributed by atoms with Gasteiger partial charge in [-0.2, -0.15) is 0 Å². The molecule has 1 aromatic rings. The number of nitrogens with zero attached hydrogens (tertiary/aromatic N) is 2. The van der Waals surface area contributed by atoms with Gasteiger partial charge in [0.05, 0.1) is 5.75 Å². The SMILES string of the molecule is CCCS(=O)(=O)CCN(C)c1cccc(/C(N)=N/O)c1. The van der Waals surface area contributed by atoms with Crippen LogP contribution >= 0.6 is 0 Å². The lowest BCUT2D eigenvalue weighted by atomic mass is 10.2. The molecule has 0 saturated carbocycles. The number of rotatable bonds is 7. The molecule has 0 radical (unpaired) electrons. The van der Waals surface area contributed by atoms with Gasteiger partial charge in [0, 0.05) is 30.6 Å². The number of amidine groups is 1. The summed E-state index contributed by atoms with van der Waals surface area (Å²) < 4.78 is 23.4. The molecule has 0 atom stereocenters. The average molecular weight is 299 g/mol. The van der Waals surface area contributed by atoms with E-state index in [1.54, 1.807) is 18.2 Å². The second kappa shape index (κ2) is 7.14. The summed E-state index contributed by atoms with van der Waals surface area (Å²) in [7, 11) is -1.18. The summed E-state index contributed by atoms with van der Waals surface area (Å²) in [6.07, 6.45) is 0.630. The van der Waals surface area contributed by atoms with Crippen LogP contribution in [0.2, 0.25) is 0 Å². The van der Waals surface area contributed by atoms with Gasteiger partial charge in [0.15, 0.2) is 15.7 Å². The van der Waals surface area contributed by atoms with Crippen molar-refractivity contribution >= 4 is 21.4 Å². The van der Waals surface area contributed by atoms with Crippen LogP contribution in [0.15, 0.2) is 29.4 Å². The fourth-order valence-corrected chi connectivity index (χ4v) is 3.16. The summed E-state index contributed by atoms with van der Waals surface area (Å²) in [4.78, 5) is 1.83. The summed E-state index contributed by atoms with van der Waals surface area (Å²) in [6.45, 7) is 2.25. The maximum Gasteiger partial charge on any atom is 0.170 e. The minimum Gasteiger partial charge on any atom is -0.409 e. The van der Waals surface area contributed by atoms with Gasteiger partial charge in [-0.15, -0.1) is 0 Å². The molecule has 6 nitrogen and oxygen atoms in total. The highest BCUT2D eigenvalue weighted by molar-refractivity contribution is 7.91. The van der Waals surface area contributed by atoms with Crippen LogP contribution in [-0.4, -0.2) is 44.6 Å². The molecular weight excluding hydrogens is 278 g/mol. The van der Waals surface area contributed by atoms with Crippen molar-refractivity contribution in [3.8, 4) is 0 Å². The fraction of sp³-hybridized carbons (Fsp3) is 0.462. The molecule has 0 amide bonds. The molecule has 0 aromatic heterocycles. The van der Waals surface area contributed by atoms with Crippen molar-refractivity contribution in [3.63, 3.8) is 0 Å². The third kappa shape index (κ3) is 4.73. The van der Waals surface area contributed by atoms with Crippen molar-refractivity contribution in [2.45, 2.75) is 13.3 Å². The lowest BCUT2D eigenvalue weighted by Gasteiger charge is -2.19. The first-order valence-corrected chi connectivity index (χ1v) is 8.21. The Bertz CT molecular complexity index is 570. The molecule has 7 heteroatoms. The molecule has 0 bridgehead atoms. The Labute approximate surface area is 119 Å². The molecule has 1 aromatic carbocycles. The van der Waals surface area contributed by atoms with E-state index in [0.717, 1.165) is 5.69 Å². The maximum absolute atomic E-state index is 11.7. The Morgan fingerprint density at radius 1 is 1.40 bits per heavy atom. The molecule has 1 rings (SSSR count). The molecule has 112 valence electrons. The Kier molecular flexibility index (Phi) is 5.82. The minimum absolute atomic E-state index is 0.0267. The number of nitrogens with two attached hydrogens (primary N) is 1. The monoisotopic (exact) mass is 299 g/mol. The third-order valence-corrected chi connectivity index (χ3v) is 4.78. The molecule has 0 fully saturated rings. The van der Waals surface area contributed by atoms with E-state index in [1.807, 2.05) is 24.9 Å². The molecule has 0 aliphatic heterocycles. The Morgan fingerprint density at radius 3 is 2.70 bits per heavy atom. The van der Waals surface area contributed by atoms with Gasteiger partial charge in [0.2, 0.25) is 0 Å². The first-order chi connectivity index (χ1) is 9.39. The Balaban J connectivity index is 2.76. The summed E-state index contributed by atoms with van der Waals surface area (Å²) in [5, 5.41) is 11.6.